The molecule has 0 amide bonds. The smallest absolute Gasteiger partial charge is 0.0159 e. The van der Waals surface area contributed by atoms with Gasteiger partial charge < -0.3 is 0 Å². The van der Waals surface area contributed by atoms with E-state index < -0.39 is 0 Å². The predicted octanol–water partition coefficient (Wildman–Crippen LogP) is 15.3. The first kappa shape index (κ1) is 31.7. The molecule has 0 nitrogen and oxygen atoms in total. The summed E-state index contributed by atoms with van der Waals surface area (Å²) < 4.78 is 0. The molecule has 0 bridgehead atoms. The third-order valence-corrected chi connectivity index (χ3v) is 12.2. The molecule has 0 heterocycles. The maximum absolute atomic E-state index is 2.43. The highest BCUT2D eigenvalue weighted by Gasteiger charge is 2.35. The zero-order valence-electron chi connectivity index (χ0n) is 31.0. The number of hydrogen-bond acceptors (Lipinski definition) is 0. The molecule has 1 aliphatic rings. The molecule has 11 rings (SSSR count). The van der Waals surface area contributed by atoms with Crippen molar-refractivity contribution in [2.45, 2.75) is 19.3 Å². The lowest BCUT2D eigenvalue weighted by Crippen LogP contribution is -2.14. The molecule has 0 heteroatoms. The van der Waals surface area contributed by atoms with Crippen molar-refractivity contribution in [2.75, 3.05) is 0 Å². The Balaban J connectivity index is 1.05. The van der Waals surface area contributed by atoms with E-state index in [4.69, 9.17) is 0 Å². The molecule has 0 aliphatic heterocycles. The Labute approximate surface area is 322 Å². The van der Waals surface area contributed by atoms with Crippen molar-refractivity contribution < 1.29 is 0 Å². The molecule has 0 fully saturated rings. The Hall–Kier alpha value is -6.76. The Kier molecular flexibility index (Phi) is 7.00. The first-order valence-electron chi connectivity index (χ1n) is 19.3. The van der Waals surface area contributed by atoms with E-state index in [1.807, 2.05) is 0 Å². The van der Waals surface area contributed by atoms with Crippen molar-refractivity contribution in [1.82, 2.24) is 0 Å². The molecule has 0 unspecified atom stereocenters. The topological polar surface area (TPSA) is 0 Å². The summed E-state index contributed by atoms with van der Waals surface area (Å²) in [6, 6.07) is 72.3. The van der Waals surface area contributed by atoms with Gasteiger partial charge in [0.25, 0.3) is 0 Å². The van der Waals surface area contributed by atoms with E-state index in [0.29, 0.717) is 0 Å². The van der Waals surface area contributed by atoms with Crippen LogP contribution in [0.4, 0.5) is 0 Å². The van der Waals surface area contributed by atoms with Crippen LogP contribution >= 0.6 is 0 Å². The van der Waals surface area contributed by atoms with Crippen LogP contribution in [0.15, 0.2) is 194 Å². The van der Waals surface area contributed by atoms with Crippen LogP contribution in [0.5, 0.6) is 0 Å². The number of benzene rings is 10. The van der Waals surface area contributed by atoms with Crippen LogP contribution in [0.25, 0.3) is 98.7 Å². The SMILES string of the molecule is CC1(C)c2ccccc2-c2ccc(-c3ccc4cc(-c5cc(-c6ccccc6)cc(-c6cc7c8ccccc8ccc7c7ccccc67)c5)ccc4c3)cc21. The minimum absolute atomic E-state index is 0.0201. The van der Waals surface area contributed by atoms with E-state index in [-0.39, 0.29) is 5.41 Å². The second kappa shape index (κ2) is 12.1. The summed E-state index contributed by atoms with van der Waals surface area (Å²) in [7, 11) is 0. The minimum atomic E-state index is -0.0201. The van der Waals surface area contributed by atoms with Gasteiger partial charge in [-0.3, -0.25) is 0 Å². The lowest BCUT2D eigenvalue weighted by molar-refractivity contribution is 0.660. The molecule has 10 aromatic carbocycles. The highest BCUT2D eigenvalue weighted by Crippen LogP contribution is 2.49. The van der Waals surface area contributed by atoms with Gasteiger partial charge in [-0.15, -0.1) is 0 Å². The molecule has 0 saturated heterocycles. The Bertz CT molecular complexity index is 3160. The summed E-state index contributed by atoms with van der Waals surface area (Å²) in [5, 5.41) is 10.2. The van der Waals surface area contributed by atoms with E-state index in [1.54, 1.807) is 0 Å². The second-order valence-corrected chi connectivity index (χ2v) is 15.7. The number of fused-ring (bicyclic) bond motifs is 9. The quantitative estimate of drug-likeness (QED) is 0.161. The monoisotopic (exact) mass is 698 g/mol. The third-order valence-electron chi connectivity index (χ3n) is 12.2. The van der Waals surface area contributed by atoms with Gasteiger partial charge in [0, 0.05) is 5.41 Å². The molecule has 0 radical (unpaired) electrons. The Morgan fingerprint density at radius 2 is 0.800 bits per heavy atom. The average molecular weight is 699 g/mol. The molecule has 10 aromatic rings. The molecule has 0 saturated carbocycles. The second-order valence-electron chi connectivity index (χ2n) is 15.7. The average Bonchev–Trinajstić information content (AvgIpc) is 3.48. The van der Waals surface area contributed by atoms with E-state index >= 15 is 0 Å². The summed E-state index contributed by atoms with van der Waals surface area (Å²) in [5.41, 5.74) is 15.4. The fourth-order valence-corrected chi connectivity index (χ4v) is 9.34. The summed E-state index contributed by atoms with van der Waals surface area (Å²) in [4.78, 5) is 0. The fourth-order valence-electron chi connectivity index (χ4n) is 9.34. The summed E-state index contributed by atoms with van der Waals surface area (Å²) in [6.45, 7) is 4.71. The zero-order chi connectivity index (χ0) is 36.7. The van der Waals surface area contributed by atoms with Crippen molar-refractivity contribution in [3.63, 3.8) is 0 Å². The predicted molar refractivity (Wildman–Crippen MR) is 236 cm³/mol. The Morgan fingerprint density at radius 1 is 0.255 bits per heavy atom. The lowest BCUT2D eigenvalue weighted by Gasteiger charge is -2.22. The first-order valence-corrected chi connectivity index (χ1v) is 19.3. The number of hydrogen-bond donors (Lipinski definition) is 0. The van der Waals surface area contributed by atoms with Crippen LogP contribution in [0.3, 0.4) is 0 Å². The van der Waals surface area contributed by atoms with Gasteiger partial charge in [-0.1, -0.05) is 166 Å². The van der Waals surface area contributed by atoms with E-state index in [1.165, 1.54) is 110 Å². The van der Waals surface area contributed by atoms with Crippen molar-refractivity contribution in [2.24, 2.45) is 0 Å². The van der Waals surface area contributed by atoms with E-state index in [2.05, 4.69) is 208 Å². The maximum atomic E-state index is 2.43. The zero-order valence-corrected chi connectivity index (χ0v) is 31.0. The summed E-state index contributed by atoms with van der Waals surface area (Å²) in [5.74, 6) is 0. The maximum Gasteiger partial charge on any atom is 0.0159 e. The highest BCUT2D eigenvalue weighted by atomic mass is 14.4. The van der Waals surface area contributed by atoms with Crippen LogP contribution in [0, 0.1) is 0 Å². The molecule has 0 N–H and O–H groups in total. The number of rotatable bonds is 4. The molecule has 0 atom stereocenters. The summed E-state index contributed by atoms with van der Waals surface area (Å²) >= 11 is 0. The molecule has 0 spiro atoms. The van der Waals surface area contributed by atoms with Crippen LogP contribution in [0.1, 0.15) is 25.0 Å². The van der Waals surface area contributed by atoms with Crippen molar-refractivity contribution in [3.8, 4) is 55.6 Å². The Morgan fingerprint density at radius 3 is 1.60 bits per heavy atom. The molecular weight excluding hydrogens is 661 g/mol. The van der Waals surface area contributed by atoms with Crippen LogP contribution < -0.4 is 0 Å². The van der Waals surface area contributed by atoms with Gasteiger partial charge in [-0.2, -0.15) is 0 Å². The van der Waals surface area contributed by atoms with Crippen LogP contribution in [-0.4, -0.2) is 0 Å². The molecule has 55 heavy (non-hydrogen) atoms. The normalized spacial score (nSPS) is 13.1. The fraction of sp³-hybridized carbons (Fsp3) is 0.0545. The highest BCUT2D eigenvalue weighted by molar-refractivity contribution is 6.21. The van der Waals surface area contributed by atoms with Gasteiger partial charge in [0.05, 0.1) is 0 Å². The van der Waals surface area contributed by atoms with Gasteiger partial charge in [0.15, 0.2) is 0 Å². The first-order chi connectivity index (χ1) is 27.0. The van der Waals surface area contributed by atoms with Gasteiger partial charge in [0.2, 0.25) is 0 Å². The van der Waals surface area contributed by atoms with Crippen LogP contribution in [0.2, 0.25) is 0 Å². The van der Waals surface area contributed by atoms with Crippen LogP contribution in [-0.2, 0) is 5.41 Å². The van der Waals surface area contributed by atoms with Gasteiger partial charge in [-0.05, 0) is 152 Å². The molecule has 0 aromatic heterocycles. The van der Waals surface area contributed by atoms with Crippen molar-refractivity contribution in [3.05, 3.63) is 205 Å². The largest absolute Gasteiger partial charge is 0.0622 e. The minimum Gasteiger partial charge on any atom is -0.0622 e. The van der Waals surface area contributed by atoms with Gasteiger partial charge in [0.1, 0.15) is 0 Å². The van der Waals surface area contributed by atoms with Crippen molar-refractivity contribution >= 4 is 43.1 Å². The molecule has 258 valence electrons. The molecule has 1 aliphatic carbocycles. The van der Waals surface area contributed by atoms with Gasteiger partial charge >= 0.3 is 0 Å². The summed E-state index contributed by atoms with van der Waals surface area (Å²) in [6.07, 6.45) is 0. The van der Waals surface area contributed by atoms with Crippen molar-refractivity contribution in [1.29, 1.82) is 0 Å². The van der Waals surface area contributed by atoms with Gasteiger partial charge in [-0.25, -0.2) is 0 Å². The molecular formula is C55H38. The lowest BCUT2D eigenvalue weighted by atomic mass is 9.81. The third kappa shape index (κ3) is 5.06. The standard InChI is InChI=1S/C55H38/c1-55(2)53-19-11-10-18-49(53)50-27-25-41(33-54(50)55)39-21-20-38-29-40(23-22-37(38)28-39)43-30-42(35-12-4-3-5-13-35)31-44(32-43)51-34-52-45-15-7-6-14-36(45)24-26-48(52)46-16-8-9-17-47(46)51/h3-34H,1-2H3. The van der Waals surface area contributed by atoms with E-state index in [9.17, 15) is 0 Å². The van der Waals surface area contributed by atoms with E-state index in [0.717, 1.165) is 0 Å².